The number of hydrogen-bond donors (Lipinski definition) is 2. The Morgan fingerprint density at radius 3 is 2.60 bits per heavy atom. The van der Waals surface area contributed by atoms with Crippen molar-refractivity contribution in [2.75, 3.05) is 13.1 Å². The van der Waals surface area contributed by atoms with E-state index in [9.17, 15) is 14.7 Å². The van der Waals surface area contributed by atoms with Crippen LogP contribution < -0.4 is 0 Å². The van der Waals surface area contributed by atoms with Crippen LogP contribution >= 0.6 is 0 Å². The van der Waals surface area contributed by atoms with E-state index in [0.717, 1.165) is 0 Å². The van der Waals surface area contributed by atoms with E-state index in [1.54, 1.807) is 0 Å². The number of amides is 1. The summed E-state index contributed by atoms with van der Waals surface area (Å²) in [6.45, 7) is 4.18. The Kier molecular flexibility index (Phi) is 3.68. The molecule has 0 radical (unpaired) electrons. The number of likely N-dealkylation sites (tertiary alicyclic amines) is 1. The van der Waals surface area contributed by atoms with Crippen LogP contribution in [0.4, 0.5) is 0 Å². The van der Waals surface area contributed by atoms with Crippen molar-refractivity contribution in [1.82, 2.24) is 4.90 Å². The number of rotatable bonds is 4. The molecule has 1 amide bonds. The van der Waals surface area contributed by atoms with Crippen LogP contribution in [0.25, 0.3) is 0 Å². The highest BCUT2D eigenvalue weighted by Gasteiger charge is 2.35. The Hall–Kier alpha value is -1.10. The Morgan fingerprint density at radius 1 is 1.60 bits per heavy atom. The van der Waals surface area contributed by atoms with Gasteiger partial charge < -0.3 is 15.1 Å². The topological polar surface area (TPSA) is 77.8 Å². The van der Waals surface area contributed by atoms with Crippen molar-refractivity contribution in [3.05, 3.63) is 0 Å². The quantitative estimate of drug-likeness (QED) is 0.688. The van der Waals surface area contributed by atoms with Gasteiger partial charge in [0.05, 0.1) is 12.0 Å². The first kappa shape index (κ1) is 12.0. The maximum atomic E-state index is 11.4. The lowest BCUT2D eigenvalue weighted by molar-refractivity contribution is -0.141. The fourth-order valence-electron chi connectivity index (χ4n) is 1.55. The van der Waals surface area contributed by atoms with E-state index in [2.05, 4.69) is 0 Å². The number of aliphatic hydroxyl groups is 1. The second-order valence-corrected chi connectivity index (χ2v) is 4.35. The van der Waals surface area contributed by atoms with Gasteiger partial charge in [-0.25, -0.2) is 0 Å². The second-order valence-electron chi connectivity index (χ2n) is 4.35. The van der Waals surface area contributed by atoms with Crippen molar-refractivity contribution in [3.63, 3.8) is 0 Å². The lowest BCUT2D eigenvalue weighted by Crippen LogP contribution is -2.36. The molecule has 1 aliphatic rings. The molecular weight excluding hydrogens is 198 g/mol. The van der Waals surface area contributed by atoms with E-state index in [4.69, 9.17) is 5.11 Å². The molecule has 2 unspecified atom stereocenters. The minimum Gasteiger partial charge on any atom is -0.481 e. The molecule has 1 saturated heterocycles. The molecule has 1 aliphatic heterocycles. The lowest BCUT2D eigenvalue weighted by Gasteiger charge is -2.22. The van der Waals surface area contributed by atoms with Crippen LogP contribution in [-0.2, 0) is 9.59 Å². The number of aliphatic hydroxyl groups excluding tert-OH is 1. The van der Waals surface area contributed by atoms with Gasteiger partial charge in [0.25, 0.3) is 0 Å². The summed E-state index contributed by atoms with van der Waals surface area (Å²) in [5.74, 6) is -1.66. The second kappa shape index (κ2) is 4.61. The number of carbonyl (C=O) groups is 2. The van der Waals surface area contributed by atoms with Gasteiger partial charge in [0.1, 0.15) is 0 Å². The van der Waals surface area contributed by atoms with Gasteiger partial charge in [-0.3, -0.25) is 9.59 Å². The number of carboxylic acid groups (broad SMARTS) is 1. The van der Waals surface area contributed by atoms with Crippen molar-refractivity contribution in [2.45, 2.75) is 26.4 Å². The third-order valence-electron chi connectivity index (χ3n) is 2.74. The van der Waals surface area contributed by atoms with Crippen LogP contribution in [0.5, 0.6) is 0 Å². The Labute approximate surface area is 88.7 Å². The van der Waals surface area contributed by atoms with Gasteiger partial charge in [-0.2, -0.15) is 0 Å². The molecule has 5 heteroatoms. The lowest BCUT2D eigenvalue weighted by atomic mass is 10.1. The third-order valence-corrected chi connectivity index (χ3v) is 2.74. The zero-order chi connectivity index (χ0) is 11.6. The fraction of sp³-hybridized carbons (Fsp3) is 0.800. The summed E-state index contributed by atoms with van der Waals surface area (Å²) in [7, 11) is 0. The monoisotopic (exact) mass is 215 g/mol. The van der Waals surface area contributed by atoms with Gasteiger partial charge in [-0.15, -0.1) is 0 Å². The summed E-state index contributed by atoms with van der Waals surface area (Å²) < 4.78 is 0. The average Bonchev–Trinajstić information content (AvgIpc) is 2.47. The Morgan fingerprint density at radius 2 is 2.20 bits per heavy atom. The van der Waals surface area contributed by atoms with E-state index in [0.29, 0.717) is 0 Å². The molecule has 0 spiro atoms. The van der Waals surface area contributed by atoms with E-state index >= 15 is 0 Å². The molecule has 2 N–H and O–H groups in total. The molecule has 0 saturated carbocycles. The zero-order valence-corrected chi connectivity index (χ0v) is 9.01. The predicted molar refractivity (Wildman–Crippen MR) is 53.2 cm³/mol. The standard InChI is InChI=1S/C10H17NO4/c1-6(2)8(12)5-11-4-7(10(14)15)3-9(11)13/h6-8,12H,3-5H2,1-2H3,(H,14,15). The van der Waals surface area contributed by atoms with Crippen LogP contribution in [0.2, 0.25) is 0 Å². The highest BCUT2D eigenvalue weighted by Crippen LogP contribution is 2.19. The number of hydrogen-bond acceptors (Lipinski definition) is 3. The SMILES string of the molecule is CC(C)C(O)CN1CC(C(=O)O)CC1=O. The number of β-amino-alcohol motifs (C(OH)–C–C–N with tert-alkyl or cyclic N) is 1. The molecule has 86 valence electrons. The predicted octanol–water partition coefficient (Wildman–Crippen LogP) is -0.0636. The van der Waals surface area contributed by atoms with Crippen molar-refractivity contribution in [1.29, 1.82) is 0 Å². The first-order chi connectivity index (χ1) is 6.91. The molecule has 1 fully saturated rings. The fourth-order valence-corrected chi connectivity index (χ4v) is 1.55. The van der Waals surface area contributed by atoms with Gasteiger partial charge in [0.15, 0.2) is 0 Å². The summed E-state index contributed by atoms with van der Waals surface area (Å²) >= 11 is 0. The number of nitrogens with zero attached hydrogens (tertiary/aromatic N) is 1. The van der Waals surface area contributed by atoms with E-state index < -0.39 is 18.0 Å². The minimum atomic E-state index is -0.940. The highest BCUT2D eigenvalue weighted by molar-refractivity contribution is 5.86. The van der Waals surface area contributed by atoms with Gasteiger partial charge in [0.2, 0.25) is 5.91 Å². The van der Waals surface area contributed by atoms with Crippen LogP contribution in [0.3, 0.4) is 0 Å². The average molecular weight is 215 g/mol. The molecule has 5 nitrogen and oxygen atoms in total. The smallest absolute Gasteiger partial charge is 0.308 e. The maximum Gasteiger partial charge on any atom is 0.308 e. The maximum absolute atomic E-state index is 11.4. The van der Waals surface area contributed by atoms with Gasteiger partial charge in [-0.05, 0) is 5.92 Å². The first-order valence-corrected chi connectivity index (χ1v) is 5.10. The summed E-state index contributed by atoms with van der Waals surface area (Å²) in [5.41, 5.74) is 0. The largest absolute Gasteiger partial charge is 0.481 e. The molecule has 1 rings (SSSR count). The van der Waals surface area contributed by atoms with Crippen LogP contribution in [0.15, 0.2) is 0 Å². The molecule has 0 aliphatic carbocycles. The summed E-state index contributed by atoms with van der Waals surface area (Å²) in [4.78, 5) is 23.5. The summed E-state index contributed by atoms with van der Waals surface area (Å²) in [6, 6.07) is 0. The van der Waals surface area contributed by atoms with Crippen LogP contribution in [-0.4, -0.2) is 46.2 Å². The molecule has 2 atom stereocenters. The minimum absolute atomic E-state index is 0.0557. The van der Waals surface area contributed by atoms with Crippen molar-refractivity contribution in [2.24, 2.45) is 11.8 Å². The normalized spacial score (nSPS) is 23.6. The van der Waals surface area contributed by atoms with Gasteiger partial charge in [0, 0.05) is 19.5 Å². The van der Waals surface area contributed by atoms with E-state index in [1.807, 2.05) is 13.8 Å². The van der Waals surface area contributed by atoms with Crippen molar-refractivity contribution < 1.29 is 19.8 Å². The van der Waals surface area contributed by atoms with E-state index in [1.165, 1.54) is 4.90 Å². The van der Waals surface area contributed by atoms with Gasteiger partial charge >= 0.3 is 5.97 Å². The molecule has 0 aromatic heterocycles. The van der Waals surface area contributed by atoms with Crippen LogP contribution in [0, 0.1) is 11.8 Å². The molecule has 15 heavy (non-hydrogen) atoms. The Balaban J connectivity index is 2.51. The van der Waals surface area contributed by atoms with Crippen molar-refractivity contribution in [3.8, 4) is 0 Å². The summed E-state index contributed by atoms with van der Waals surface area (Å²) in [5, 5.41) is 18.3. The number of carbonyl (C=O) groups excluding carboxylic acids is 1. The number of aliphatic carboxylic acids is 1. The zero-order valence-electron chi connectivity index (χ0n) is 9.01. The first-order valence-electron chi connectivity index (χ1n) is 5.10. The molecule has 0 bridgehead atoms. The molecule has 1 heterocycles. The third kappa shape index (κ3) is 2.92. The number of carboxylic acids is 1. The van der Waals surface area contributed by atoms with Gasteiger partial charge in [-0.1, -0.05) is 13.8 Å². The highest BCUT2D eigenvalue weighted by atomic mass is 16.4. The van der Waals surface area contributed by atoms with Crippen LogP contribution in [0.1, 0.15) is 20.3 Å². The molecular formula is C10H17NO4. The summed E-state index contributed by atoms with van der Waals surface area (Å²) in [6.07, 6.45) is -0.526. The van der Waals surface area contributed by atoms with E-state index in [-0.39, 0.29) is 31.3 Å². The molecule has 0 aromatic rings. The molecule has 0 aromatic carbocycles. The Bertz CT molecular complexity index is 264. The van der Waals surface area contributed by atoms with Crippen molar-refractivity contribution >= 4 is 11.9 Å².